The van der Waals surface area contributed by atoms with Crippen LogP contribution in [0.1, 0.15) is 28.9 Å². The molecule has 2 heterocycles. The molecule has 1 aromatic heterocycles. The topological polar surface area (TPSA) is 79.2 Å². The first kappa shape index (κ1) is 15.5. The van der Waals surface area contributed by atoms with Crippen molar-refractivity contribution in [3.8, 4) is 11.4 Å². The quantitative estimate of drug-likeness (QED) is 0.801. The maximum atomic E-state index is 13.2. The predicted molar refractivity (Wildman–Crippen MR) is 83.3 cm³/mol. The second kappa shape index (κ2) is 6.37. The van der Waals surface area contributed by atoms with Gasteiger partial charge in [0.25, 0.3) is 5.91 Å². The van der Waals surface area contributed by atoms with Gasteiger partial charge in [-0.15, -0.1) is 0 Å². The molecule has 1 atom stereocenters. The fraction of sp³-hybridized carbons (Fsp3) is 0.375. The monoisotopic (exact) mass is 318 g/mol. The summed E-state index contributed by atoms with van der Waals surface area (Å²) in [4.78, 5) is 12.3. The van der Waals surface area contributed by atoms with E-state index >= 15 is 0 Å². The number of aromatic nitrogens is 2. The minimum absolute atomic E-state index is 0.0284. The number of carbonyl (C=O) groups excluding carboxylic acids is 1. The average molecular weight is 318 g/mol. The molecule has 0 aliphatic carbocycles. The van der Waals surface area contributed by atoms with E-state index < -0.39 is 5.91 Å². The van der Waals surface area contributed by atoms with Crippen LogP contribution in [-0.4, -0.2) is 39.9 Å². The van der Waals surface area contributed by atoms with Crippen LogP contribution in [0.4, 0.5) is 4.39 Å². The van der Waals surface area contributed by atoms with Crippen molar-refractivity contribution in [3.63, 3.8) is 0 Å². The van der Waals surface area contributed by atoms with Crippen LogP contribution in [0.5, 0.6) is 5.75 Å². The fourth-order valence-electron chi connectivity index (χ4n) is 2.75. The summed E-state index contributed by atoms with van der Waals surface area (Å²) in [7, 11) is 0. The van der Waals surface area contributed by atoms with Crippen LogP contribution in [0, 0.1) is 12.7 Å². The van der Waals surface area contributed by atoms with Gasteiger partial charge in [0.1, 0.15) is 5.82 Å². The van der Waals surface area contributed by atoms with Crippen LogP contribution >= 0.6 is 0 Å². The maximum absolute atomic E-state index is 13.2. The Morgan fingerprint density at radius 1 is 1.52 bits per heavy atom. The highest BCUT2D eigenvalue weighted by molar-refractivity contribution is 5.95. The van der Waals surface area contributed by atoms with Gasteiger partial charge in [0.15, 0.2) is 11.4 Å². The molecule has 2 aromatic rings. The minimum atomic E-state index is -0.408. The van der Waals surface area contributed by atoms with Gasteiger partial charge in [-0.05, 0) is 50.1 Å². The van der Waals surface area contributed by atoms with Crippen molar-refractivity contribution in [3.05, 3.63) is 41.5 Å². The lowest BCUT2D eigenvalue weighted by Crippen LogP contribution is -2.45. The van der Waals surface area contributed by atoms with E-state index in [1.165, 1.54) is 23.0 Å². The molecule has 0 spiro atoms. The predicted octanol–water partition coefficient (Wildman–Crippen LogP) is 1.51. The van der Waals surface area contributed by atoms with Crippen LogP contribution in [0.2, 0.25) is 0 Å². The summed E-state index contributed by atoms with van der Waals surface area (Å²) < 4.78 is 14.6. The maximum Gasteiger partial charge on any atom is 0.275 e. The Balaban J connectivity index is 1.81. The molecule has 6 nitrogen and oxygen atoms in total. The molecule has 0 saturated carbocycles. The summed E-state index contributed by atoms with van der Waals surface area (Å²) in [5, 5.41) is 20.2. The third kappa shape index (κ3) is 3.34. The first-order valence-corrected chi connectivity index (χ1v) is 7.61. The zero-order chi connectivity index (χ0) is 16.4. The van der Waals surface area contributed by atoms with Crippen LogP contribution in [0.25, 0.3) is 5.69 Å². The van der Waals surface area contributed by atoms with E-state index in [4.69, 9.17) is 0 Å². The van der Waals surface area contributed by atoms with E-state index in [1.807, 2.05) is 0 Å². The second-order valence-electron chi connectivity index (χ2n) is 5.76. The summed E-state index contributed by atoms with van der Waals surface area (Å²) in [5.41, 5.74) is 1.25. The van der Waals surface area contributed by atoms with E-state index in [0.29, 0.717) is 17.8 Å². The molecule has 1 aliphatic rings. The summed E-state index contributed by atoms with van der Waals surface area (Å²) in [5.74, 6) is -0.949. The third-order valence-electron chi connectivity index (χ3n) is 3.95. The Morgan fingerprint density at radius 2 is 2.35 bits per heavy atom. The summed E-state index contributed by atoms with van der Waals surface area (Å²) >= 11 is 0. The normalized spacial score (nSPS) is 17.9. The van der Waals surface area contributed by atoms with Gasteiger partial charge >= 0.3 is 0 Å². The standard InChI is InChI=1S/C16H19FN4O2/c1-10-7-11(17)4-5-13(10)21-9-14(22)15(20-21)16(23)19-12-3-2-6-18-8-12/h4-5,7,9,12,18,22H,2-3,6,8H2,1H3,(H,19,23). The molecule has 1 unspecified atom stereocenters. The Kier molecular flexibility index (Phi) is 4.29. The number of nitrogens with zero attached hydrogens (tertiary/aromatic N) is 2. The molecule has 122 valence electrons. The molecule has 1 amide bonds. The largest absolute Gasteiger partial charge is 0.504 e. The van der Waals surface area contributed by atoms with Crippen molar-refractivity contribution in [2.24, 2.45) is 0 Å². The molecule has 23 heavy (non-hydrogen) atoms. The molecule has 1 aromatic carbocycles. The number of aromatic hydroxyl groups is 1. The zero-order valence-electron chi connectivity index (χ0n) is 12.8. The summed E-state index contributed by atoms with van der Waals surface area (Å²) in [6.45, 7) is 3.41. The molecule has 0 bridgehead atoms. The van der Waals surface area contributed by atoms with Gasteiger partial charge < -0.3 is 15.7 Å². The first-order chi connectivity index (χ1) is 11.0. The van der Waals surface area contributed by atoms with Crippen molar-refractivity contribution in [1.29, 1.82) is 0 Å². The van der Waals surface area contributed by atoms with E-state index in [2.05, 4.69) is 15.7 Å². The summed E-state index contributed by atoms with van der Waals surface area (Å²) in [6, 6.07) is 4.29. The highest BCUT2D eigenvalue weighted by Gasteiger charge is 2.22. The van der Waals surface area contributed by atoms with Gasteiger partial charge in [0, 0.05) is 12.6 Å². The number of piperidine rings is 1. The lowest BCUT2D eigenvalue weighted by Gasteiger charge is -2.23. The molecular weight excluding hydrogens is 299 g/mol. The Hall–Kier alpha value is -2.41. The number of benzene rings is 1. The lowest BCUT2D eigenvalue weighted by atomic mass is 10.1. The smallest absolute Gasteiger partial charge is 0.275 e. The van der Waals surface area contributed by atoms with Crippen LogP contribution < -0.4 is 10.6 Å². The number of rotatable bonds is 3. The van der Waals surface area contributed by atoms with Gasteiger partial charge in [-0.1, -0.05) is 0 Å². The van der Waals surface area contributed by atoms with E-state index in [0.717, 1.165) is 19.4 Å². The number of halogens is 1. The molecule has 3 rings (SSSR count). The molecule has 0 radical (unpaired) electrons. The number of amides is 1. The first-order valence-electron chi connectivity index (χ1n) is 7.61. The SMILES string of the molecule is Cc1cc(F)ccc1-n1cc(O)c(C(=O)NC2CCCNC2)n1. The molecule has 1 fully saturated rings. The Labute approximate surface area is 133 Å². The molecule has 7 heteroatoms. The molecule has 3 N–H and O–H groups in total. The third-order valence-corrected chi connectivity index (χ3v) is 3.95. The van der Waals surface area contributed by atoms with Crippen molar-refractivity contribution in [2.75, 3.05) is 13.1 Å². The fourth-order valence-corrected chi connectivity index (χ4v) is 2.75. The van der Waals surface area contributed by atoms with Crippen molar-refractivity contribution < 1.29 is 14.3 Å². The van der Waals surface area contributed by atoms with Gasteiger partial charge in [-0.25, -0.2) is 9.07 Å². The Morgan fingerprint density at radius 3 is 3.04 bits per heavy atom. The number of carbonyl (C=O) groups is 1. The lowest BCUT2D eigenvalue weighted by molar-refractivity contribution is 0.0922. The molecule has 1 saturated heterocycles. The van der Waals surface area contributed by atoms with Crippen molar-refractivity contribution >= 4 is 5.91 Å². The van der Waals surface area contributed by atoms with Gasteiger partial charge in [0.05, 0.1) is 11.9 Å². The van der Waals surface area contributed by atoms with Crippen LogP contribution in [0.15, 0.2) is 24.4 Å². The number of hydrogen-bond acceptors (Lipinski definition) is 4. The number of aryl methyl sites for hydroxylation is 1. The number of hydrogen-bond donors (Lipinski definition) is 3. The molecular formula is C16H19FN4O2. The minimum Gasteiger partial charge on any atom is -0.504 e. The summed E-state index contributed by atoms with van der Waals surface area (Å²) in [6.07, 6.45) is 3.26. The van der Waals surface area contributed by atoms with Crippen LogP contribution in [-0.2, 0) is 0 Å². The van der Waals surface area contributed by atoms with Gasteiger partial charge in [-0.2, -0.15) is 5.10 Å². The van der Waals surface area contributed by atoms with Gasteiger partial charge in [-0.3, -0.25) is 4.79 Å². The second-order valence-corrected chi connectivity index (χ2v) is 5.76. The average Bonchev–Trinajstić information content (AvgIpc) is 2.90. The number of nitrogens with one attached hydrogen (secondary N) is 2. The van der Waals surface area contributed by atoms with Crippen molar-refractivity contribution in [1.82, 2.24) is 20.4 Å². The van der Waals surface area contributed by atoms with Crippen molar-refractivity contribution in [2.45, 2.75) is 25.8 Å². The highest BCUT2D eigenvalue weighted by atomic mass is 19.1. The molecule has 1 aliphatic heterocycles. The van der Waals surface area contributed by atoms with E-state index in [1.54, 1.807) is 13.0 Å². The van der Waals surface area contributed by atoms with E-state index in [-0.39, 0.29) is 23.3 Å². The zero-order valence-corrected chi connectivity index (χ0v) is 12.8. The van der Waals surface area contributed by atoms with E-state index in [9.17, 15) is 14.3 Å². The highest BCUT2D eigenvalue weighted by Crippen LogP contribution is 2.21. The Bertz CT molecular complexity index is 723. The van der Waals surface area contributed by atoms with Gasteiger partial charge in [0.2, 0.25) is 0 Å². The van der Waals surface area contributed by atoms with Crippen LogP contribution in [0.3, 0.4) is 0 Å².